The number of hydrogen-bond donors (Lipinski definition) is 4. The Morgan fingerprint density at radius 3 is 2.85 bits per heavy atom. The molecule has 3 rings (SSSR count). The number of fused-ring (bicyclic) bond motifs is 1. The van der Waals surface area contributed by atoms with E-state index in [1.165, 1.54) is 10.9 Å². The predicted molar refractivity (Wildman–Crippen MR) is 65.9 cm³/mol. The third-order valence-electron chi connectivity index (χ3n) is 3.34. The molecule has 0 bridgehead atoms. The van der Waals surface area contributed by atoms with Crippen molar-refractivity contribution in [2.75, 3.05) is 6.61 Å². The summed E-state index contributed by atoms with van der Waals surface area (Å²) in [6.07, 6.45) is -3.00. The Morgan fingerprint density at radius 2 is 2.20 bits per heavy atom. The van der Waals surface area contributed by atoms with E-state index in [-0.39, 0.29) is 11.2 Å². The first-order chi connectivity index (χ1) is 9.52. The lowest BCUT2D eigenvalue weighted by atomic mass is 10.1. The van der Waals surface area contributed by atoms with Crippen LogP contribution in [0.25, 0.3) is 11.2 Å². The molecule has 1 aliphatic rings. The first-order valence-corrected chi connectivity index (χ1v) is 6.09. The summed E-state index contributed by atoms with van der Waals surface area (Å²) < 4.78 is 6.76. The number of H-pyrrole nitrogens is 1. The van der Waals surface area contributed by atoms with Gasteiger partial charge in [-0.2, -0.15) is 0 Å². The zero-order valence-electron chi connectivity index (χ0n) is 10.6. The second kappa shape index (κ2) is 4.63. The summed E-state index contributed by atoms with van der Waals surface area (Å²) in [6, 6.07) is 0. The molecular weight excluding hydrogens is 268 g/mol. The quantitative estimate of drug-likeness (QED) is 0.502. The van der Waals surface area contributed by atoms with Gasteiger partial charge < -0.3 is 25.0 Å². The van der Waals surface area contributed by atoms with Crippen LogP contribution in [0.1, 0.15) is 12.1 Å². The van der Waals surface area contributed by atoms with Gasteiger partial charge in [0.05, 0.1) is 12.9 Å². The van der Waals surface area contributed by atoms with Gasteiger partial charge in [0.15, 0.2) is 17.4 Å². The number of imidazole rings is 1. The fourth-order valence-corrected chi connectivity index (χ4v) is 2.33. The van der Waals surface area contributed by atoms with Gasteiger partial charge in [0.2, 0.25) is 0 Å². The van der Waals surface area contributed by atoms with Crippen LogP contribution in [0.2, 0.25) is 0 Å². The lowest BCUT2D eigenvalue weighted by Crippen LogP contribution is -2.33. The van der Waals surface area contributed by atoms with Crippen molar-refractivity contribution in [2.45, 2.75) is 31.5 Å². The van der Waals surface area contributed by atoms with Gasteiger partial charge in [0, 0.05) is 0 Å². The Kier molecular flexibility index (Phi) is 3.05. The molecule has 0 saturated carbocycles. The molecule has 0 amide bonds. The van der Waals surface area contributed by atoms with E-state index in [9.17, 15) is 15.0 Å². The fraction of sp³-hybridized carbons (Fsp3) is 0.545. The molecule has 0 aliphatic carbocycles. The maximum atomic E-state index is 11.7. The zero-order valence-corrected chi connectivity index (χ0v) is 10.6. The SMILES string of the molecule is Cc1nc2c(ncn2[C@@H]2O[C@@H](CO)[C@@H](O)[C@H]2O)c(=O)[nH]1. The molecule has 4 N–H and O–H groups in total. The minimum absolute atomic E-state index is 0.119. The monoisotopic (exact) mass is 282 g/mol. The van der Waals surface area contributed by atoms with E-state index in [0.717, 1.165) is 0 Å². The first-order valence-electron chi connectivity index (χ1n) is 6.09. The maximum absolute atomic E-state index is 11.7. The highest BCUT2D eigenvalue weighted by Gasteiger charge is 2.44. The van der Waals surface area contributed by atoms with Gasteiger partial charge in [-0.15, -0.1) is 0 Å². The van der Waals surface area contributed by atoms with Crippen molar-refractivity contribution >= 4 is 11.2 Å². The maximum Gasteiger partial charge on any atom is 0.279 e. The third kappa shape index (κ3) is 1.83. The van der Waals surface area contributed by atoms with E-state index in [2.05, 4.69) is 15.0 Å². The second-order valence-corrected chi connectivity index (χ2v) is 4.70. The van der Waals surface area contributed by atoms with E-state index in [0.29, 0.717) is 5.82 Å². The smallest absolute Gasteiger partial charge is 0.279 e. The average Bonchev–Trinajstić information content (AvgIpc) is 2.93. The number of aryl methyl sites for hydroxylation is 1. The van der Waals surface area contributed by atoms with Crippen LogP contribution in [0, 0.1) is 6.92 Å². The molecule has 20 heavy (non-hydrogen) atoms. The highest BCUT2D eigenvalue weighted by molar-refractivity contribution is 5.69. The number of aliphatic hydroxyl groups excluding tert-OH is 3. The molecular formula is C11H14N4O5. The van der Waals surface area contributed by atoms with E-state index < -0.39 is 36.7 Å². The van der Waals surface area contributed by atoms with Crippen molar-refractivity contribution in [3.63, 3.8) is 0 Å². The van der Waals surface area contributed by atoms with Crippen molar-refractivity contribution in [3.8, 4) is 0 Å². The number of aliphatic hydroxyl groups is 3. The van der Waals surface area contributed by atoms with E-state index in [1.807, 2.05) is 0 Å². The molecule has 9 nitrogen and oxygen atoms in total. The second-order valence-electron chi connectivity index (χ2n) is 4.70. The van der Waals surface area contributed by atoms with E-state index >= 15 is 0 Å². The van der Waals surface area contributed by atoms with Crippen LogP contribution in [0.4, 0.5) is 0 Å². The number of aromatic amines is 1. The van der Waals surface area contributed by atoms with Crippen LogP contribution in [-0.2, 0) is 4.74 Å². The van der Waals surface area contributed by atoms with Gasteiger partial charge in [-0.05, 0) is 6.92 Å². The molecule has 0 aromatic carbocycles. The molecule has 0 radical (unpaired) electrons. The number of ether oxygens (including phenoxy) is 1. The summed E-state index contributed by atoms with van der Waals surface area (Å²) in [6.45, 7) is 1.20. The Labute approximate surface area is 112 Å². The van der Waals surface area contributed by atoms with Crippen molar-refractivity contribution in [3.05, 3.63) is 22.5 Å². The highest BCUT2D eigenvalue weighted by Crippen LogP contribution is 2.30. The summed E-state index contributed by atoms with van der Waals surface area (Å²) in [5, 5.41) is 28.8. The van der Waals surface area contributed by atoms with Gasteiger partial charge in [-0.1, -0.05) is 0 Å². The molecule has 0 spiro atoms. The molecule has 1 saturated heterocycles. The van der Waals surface area contributed by atoms with Crippen molar-refractivity contribution in [1.29, 1.82) is 0 Å². The predicted octanol–water partition coefficient (Wildman–Crippen LogP) is -1.96. The summed E-state index contributed by atoms with van der Waals surface area (Å²) in [5.41, 5.74) is -0.0209. The van der Waals surface area contributed by atoms with Crippen molar-refractivity contribution < 1.29 is 20.1 Å². The Balaban J connectivity index is 2.09. The summed E-state index contributed by atoms with van der Waals surface area (Å²) in [7, 11) is 0. The molecule has 1 fully saturated rings. The van der Waals surface area contributed by atoms with E-state index in [4.69, 9.17) is 9.84 Å². The normalized spacial score (nSPS) is 30.2. The molecule has 0 unspecified atom stereocenters. The molecule has 2 aromatic heterocycles. The van der Waals surface area contributed by atoms with Crippen molar-refractivity contribution in [1.82, 2.24) is 19.5 Å². The molecule has 3 heterocycles. The van der Waals surface area contributed by atoms with Crippen LogP contribution in [0.3, 0.4) is 0 Å². The fourth-order valence-electron chi connectivity index (χ4n) is 2.33. The number of hydrogen-bond acceptors (Lipinski definition) is 7. The van der Waals surface area contributed by atoms with Crippen LogP contribution >= 0.6 is 0 Å². The number of aromatic nitrogens is 4. The number of nitrogens with one attached hydrogen (secondary N) is 1. The Morgan fingerprint density at radius 1 is 1.45 bits per heavy atom. The summed E-state index contributed by atoms with van der Waals surface area (Å²) in [4.78, 5) is 22.3. The Hall–Kier alpha value is -1.81. The number of nitrogens with zero attached hydrogens (tertiary/aromatic N) is 3. The standard InChI is InChI=1S/C11H14N4O5/c1-4-13-9-6(10(19)14-4)12-3-15(9)11-8(18)7(17)5(2-16)20-11/h3,5,7-8,11,16-18H,2H2,1H3,(H,13,14,19)/t5-,7+,8+,11+/m0/s1. The zero-order chi connectivity index (χ0) is 14.4. The largest absolute Gasteiger partial charge is 0.394 e. The average molecular weight is 282 g/mol. The minimum atomic E-state index is -1.24. The molecule has 2 aromatic rings. The third-order valence-corrected chi connectivity index (χ3v) is 3.34. The van der Waals surface area contributed by atoms with Crippen molar-refractivity contribution in [2.24, 2.45) is 0 Å². The van der Waals surface area contributed by atoms with Gasteiger partial charge in [-0.3, -0.25) is 9.36 Å². The van der Waals surface area contributed by atoms with Gasteiger partial charge in [0.25, 0.3) is 5.56 Å². The molecule has 1 aliphatic heterocycles. The minimum Gasteiger partial charge on any atom is -0.394 e. The molecule has 108 valence electrons. The summed E-state index contributed by atoms with van der Waals surface area (Å²) in [5.74, 6) is 0.399. The van der Waals surface area contributed by atoms with Crippen LogP contribution in [0.5, 0.6) is 0 Å². The number of rotatable bonds is 2. The van der Waals surface area contributed by atoms with Crippen LogP contribution in [-0.4, -0.2) is 59.8 Å². The highest BCUT2D eigenvalue weighted by atomic mass is 16.6. The first kappa shape index (κ1) is 13.2. The van der Waals surface area contributed by atoms with Gasteiger partial charge in [0.1, 0.15) is 24.1 Å². The molecule has 9 heteroatoms. The van der Waals surface area contributed by atoms with Crippen LogP contribution in [0.15, 0.2) is 11.1 Å². The van der Waals surface area contributed by atoms with E-state index in [1.54, 1.807) is 6.92 Å². The summed E-state index contributed by atoms with van der Waals surface area (Å²) >= 11 is 0. The molecule has 4 atom stereocenters. The lowest BCUT2D eigenvalue weighted by molar-refractivity contribution is -0.0511. The van der Waals surface area contributed by atoms with Gasteiger partial charge in [-0.25, -0.2) is 9.97 Å². The van der Waals surface area contributed by atoms with Gasteiger partial charge >= 0.3 is 0 Å². The Bertz CT molecular complexity index is 696. The topological polar surface area (TPSA) is 133 Å². The van der Waals surface area contributed by atoms with Crippen LogP contribution < -0.4 is 5.56 Å². The lowest BCUT2D eigenvalue weighted by Gasteiger charge is -2.16.